The summed E-state index contributed by atoms with van der Waals surface area (Å²) in [6, 6.07) is 9.02. The lowest BCUT2D eigenvalue weighted by Crippen LogP contribution is -2.39. The highest BCUT2D eigenvalue weighted by Gasteiger charge is 2.22. The second-order valence-corrected chi connectivity index (χ2v) is 6.23. The first-order valence-corrected chi connectivity index (χ1v) is 8.52. The molecule has 1 atom stereocenters. The molecular formula is C18H25N5. The van der Waals surface area contributed by atoms with E-state index in [2.05, 4.69) is 63.5 Å². The maximum Gasteiger partial charge on any atom is 0.244 e. The van der Waals surface area contributed by atoms with Crippen LogP contribution < -0.4 is 10.2 Å². The summed E-state index contributed by atoms with van der Waals surface area (Å²) >= 11 is 0. The fourth-order valence-electron chi connectivity index (χ4n) is 3.24. The van der Waals surface area contributed by atoms with Crippen molar-refractivity contribution in [3.05, 3.63) is 41.6 Å². The van der Waals surface area contributed by atoms with Crippen LogP contribution >= 0.6 is 0 Å². The van der Waals surface area contributed by atoms with Crippen LogP contribution in [0.4, 0.5) is 11.8 Å². The Morgan fingerprint density at radius 1 is 1.30 bits per heavy atom. The van der Waals surface area contributed by atoms with Gasteiger partial charge in [-0.15, -0.1) is 5.10 Å². The Labute approximate surface area is 138 Å². The van der Waals surface area contributed by atoms with Gasteiger partial charge < -0.3 is 10.2 Å². The van der Waals surface area contributed by atoms with Crippen LogP contribution in [0.5, 0.6) is 0 Å². The fraction of sp³-hybridized carbons (Fsp3) is 0.500. The molecule has 1 aliphatic rings. The average molecular weight is 311 g/mol. The number of hydrogen-bond acceptors (Lipinski definition) is 5. The molecule has 0 aliphatic carbocycles. The molecule has 5 heteroatoms. The number of aromatic nitrogens is 3. The van der Waals surface area contributed by atoms with Crippen LogP contribution in [0.3, 0.4) is 0 Å². The largest absolute Gasteiger partial charge is 0.352 e. The lowest BCUT2D eigenvalue weighted by atomic mass is 10.0. The molecule has 2 heterocycles. The highest BCUT2D eigenvalue weighted by molar-refractivity contribution is 5.42. The van der Waals surface area contributed by atoms with Gasteiger partial charge in [0.05, 0.1) is 6.20 Å². The van der Waals surface area contributed by atoms with Gasteiger partial charge in [0.25, 0.3) is 0 Å². The molecule has 1 aromatic heterocycles. The van der Waals surface area contributed by atoms with Crippen LogP contribution in [0.2, 0.25) is 0 Å². The maximum absolute atomic E-state index is 4.67. The Morgan fingerprint density at radius 3 is 3.04 bits per heavy atom. The first-order valence-electron chi connectivity index (χ1n) is 8.52. The molecule has 0 saturated carbocycles. The number of hydrogen-bond donors (Lipinski definition) is 1. The Morgan fingerprint density at radius 2 is 2.22 bits per heavy atom. The van der Waals surface area contributed by atoms with Crippen molar-refractivity contribution in [1.82, 2.24) is 15.2 Å². The number of aryl methyl sites for hydroxylation is 1. The predicted octanol–water partition coefficient (Wildman–Crippen LogP) is 3.56. The molecule has 0 radical (unpaired) electrons. The van der Waals surface area contributed by atoms with Gasteiger partial charge in [0.1, 0.15) is 0 Å². The van der Waals surface area contributed by atoms with E-state index in [0.29, 0.717) is 18.5 Å². The number of nitrogens with zero attached hydrogens (tertiary/aromatic N) is 4. The van der Waals surface area contributed by atoms with Gasteiger partial charge in [-0.05, 0) is 38.2 Å². The van der Waals surface area contributed by atoms with Crippen molar-refractivity contribution in [2.75, 3.05) is 16.8 Å². The zero-order chi connectivity index (χ0) is 16.1. The van der Waals surface area contributed by atoms with Crippen LogP contribution in [0.15, 0.2) is 30.5 Å². The van der Waals surface area contributed by atoms with Gasteiger partial charge in [-0.1, -0.05) is 36.8 Å². The molecule has 1 saturated heterocycles. The zero-order valence-electron chi connectivity index (χ0n) is 14.0. The lowest BCUT2D eigenvalue weighted by Gasteiger charge is -2.35. The summed E-state index contributed by atoms with van der Waals surface area (Å²) in [7, 11) is 0. The highest BCUT2D eigenvalue weighted by atomic mass is 15.3. The topological polar surface area (TPSA) is 53.9 Å². The monoisotopic (exact) mass is 311 g/mol. The summed E-state index contributed by atoms with van der Waals surface area (Å²) in [6.45, 7) is 6.12. The molecule has 1 aromatic carbocycles. The van der Waals surface area contributed by atoms with Crippen LogP contribution in [0, 0.1) is 6.92 Å². The molecule has 1 aliphatic heterocycles. The van der Waals surface area contributed by atoms with E-state index in [1.54, 1.807) is 6.20 Å². The first-order chi connectivity index (χ1) is 11.3. The normalized spacial score (nSPS) is 18.0. The molecule has 1 unspecified atom stereocenters. The van der Waals surface area contributed by atoms with E-state index in [1.807, 2.05) is 0 Å². The molecule has 5 nitrogen and oxygen atoms in total. The second-order valence-electron chi connectivity index (χ2n) is 6.23. The van der Waals surface area contributed by atoms with Crippen molar-refractivity contribution < 1.29 is 0 Å². The molecule has 2 aromatic rings. The van der Waals surface area contributed by atoms with E-state index in [0.717, 1.165) is 18.8 Å². The number of piperidine rings is 1. The second kappa shape index (κ2) is 7.40. The van der Waals surface area contributed by atoms with E-state index in [-0.39, 0.29) is 0 Å². The molecule has 0 spiro atoms. The van der Waals surface area contributed by atoms with Gasteiger partial charge in [0, 0.05) is 19.1 Å². The van der Waals surface area contributed by atoms with E-state index >= 15 is 0 Å². The standard InChI is InChI=1S/C18H25N5/c1-3-16-9-4-5-10-23(16)17-13-20-22-18(21-17)19-12-15-8-6-7-14(2)11-15/h6-8,11,13,16H,3-5,9-10,12H2,1-2H3,(H,19,21,22). The van der Waals surface area contributed by atoms with Crippen molar-refractivity contribution in [2.24, 2.45) is 0 Å². The minimum Gasteiger partial charge on any atom is -0.352 e. The van der Waals surface area contributed by atoms with Crippen molar-refractivity contribution in [3.8, 4) is 0 Å². The third-order valence-corrected chi connectivity index (χ3v) is 4.47. The summed E-state index contributed by atoms with van der Waals surface area (Å²) in [5, 5.41) is 11.6. The number of anilines is 2. The number of rotatable bonds is 5. The molecule has 0 amide bonds. The van der Waals surface area contributed by atoms with Crippen molar-refractivity contribution >= 4 is 11.8 Å². The average Bonchev–Trinajstić information content (AvgIpc) is 2.60. The van der Waals surface area contributed by atoms with Crippen molar-refractivity contribution in [2.45, 2.75) is 52.1 Å². The SMILES string of the molecule is CCC1CCCCN1c1cnnc(NCc2cccc(C)c2)n1. The Balaban J connectivity index is 1.69. The molecule has 122 valence electrons. The summed E-state index contributed by atoms with van der Waals surface area (Å²) in [4.78, 5) is 7.06. The Bertz CT molecular complexity index is 643. The molecular weight excluding hydrogens is 286 g/mol. The van der Waals surface area contributed by atoms with E-state index in [4.69, 9.17) is 0 Å². The minimum absolute atomic E-state index is 0.574. The third-order valence-electron chi connectivity index (χ3n) is 4.47. The highest BCUT2D eigenvalue weighted by Crippen LogP contribution is 2.24. The zero-order valence-corrected chi connectivity index (χ0v) is 14.0. The van der Waals surface area contributed by atoms with Gasteiger partial charge in [-0.2, -0.15) is 10.1 Å². The lowest BCUT2D eigenvalue weighted by molar-refractivity contribution is 0.446. The minimum atomic E-state index is 0.574. The van der Waals surface area contributed by atoms with E-state index in [9.17, 15) is 0 Å². The smallest absolute Gasteiger partial charge is 0.244 e. The van der Waals surface area contributed by atoms with Gasteiger partial charge in [0.15, 0.2) is 5.82 Å². The summed E-state index contributed by atoms with van der Waals surface area (Å²) < 4.78 is 0. The number of benzene rings is 1. The van der Waals surface area contributed by atoms with E-state index in [1.165, 1.54) is 30.4 Å². The predicted molar refractivity (Wildman–Crippen MR) is 93.6 cm³/mol. The summed E-state index contributed by atoms with van der Waals surface area (Å²) in [5.74, 6) is 1.54. The summed E-state index contributed by atoms with van der Waals surface area (Å²) in [6.07, 6.45) is 6.72. The Hall–Kier alpha value is -2.17. The molecule has 23 heavy (non-hydrogen) atoms. The van der Waals surface area contributed by atoms with Crippen molar-refractivity contribution in [3.63, 3.8) is 0 Å². The van der Waals surface area contributed by atoms with Crippen LogP contribution in [-0.4, -0.2) is 27.8 Å². The molecule has 1 N–H and O–H groups in total. The van der Waals surface area contributed by atoms with Crippen molar-refractivity contribution in [1.29, 1.82) is 0 Å². The van der Waals surface area contributed by atoms with Crippen LogP contribution in [-0.2, 0) is 6.54 Å². The van der Waals surface area contributed by atoms with Gasteiger partial charge >= 0.3 is 0 Å². The van der Waals surface area contributed by atoms with Gasteiger partial charge in [-0.25, -0.2) is 0 Å². The maximum atomic E-state index is 4.67. The molecule has 0 bridgehead atoms. The summed E-state index contributed by atoms with van der Waals surface area (Å²) in [5.41, 5.74) is 2.49. The first kappa shape index (κ1) is 15.7. The quantitative estimate of drug-likeness (QED) is 0.915. The van der Waals surface area contributed by atoms with Crippen LogP contribution in [0.1, 0.15) is 43.7 Å². The third kappa shape index (κ3) is 3.97. The number of nitrogens with one attached hydrogen (secondary N) is 1. The van der Waals surface area contributed by atoms with Gasteiger partial charge in [-0.3, -0.25) is 0 Å². The Kier molecular flexibility index (Phi) is 5.05. The fourth-order valence-corrected chi connectivity index (χ4v) is 3.24. The molecule has 3 rings (SSSR count). The van der Waals surface area contributed by atoms with Crippen LogP contribution in [0.25, 0.3) is 0 Å². The van der Waals surface area contributed by atoms with E-state index < -0.39 is 0 Å². The van der Waals surface area contributed by atoms with Gasteiger partial charge in [0.2, 0.25) is 5.95 Å². The molecule has 1 fully saturated rings.